The maximum absolute atomic E-state index is 11.4. The molecule has 1 aliphatic rings. The van der Waals surface area contributed by atoms with E-state index < -0.39 is 0 Å². The molecule has 1 aliphatic heterocycles. The number of hydrogen-bond donors (Lipinski definition) is 3. The third-order valence-corrected chi connectivity index (χ3v) is 4.68. The molecule has 2 aromatic rings. The van der Waals surface area contributed by atoms with E-state index in [0.717, 1.165) is 34.8 Å². The second-order valence-corrected chi connectivity index (χ2v) is 6.52. The Kier molecular flexibility index (Phi) is 4.65. The molecule has 0 aliphatic carbocycles. The van der Waals surface area contributed by atoms with Gasteiger partial charge in [0.2, 0.25) is 5.91 Å². The van der Waals surface area contributed by atoms with E-state index in [1.807, 2.05) is 24.3 Å². The Morgan fingerprint density at radius 3 is 2.76 bits per heavy atom. The van der Waals surface area contributed by atoms with Crippen LogP contribution in [0.1, 0.15) is 23.6 Å². The molecule has 2 aromatic carbocycles. The summed E-state index contributed by atoms with van der Waals surface area (Å²) in [6.45, 7) is 2.88. The molecule has 130 valence electrons. The van der Waals surface area contributed by atoms with Gasteiger partial charge in [-0.25, -0.2) is 10.9 Å². The lowest BCUT2D eigenvalue weighted by Gasteiger charge is -2.32. The van der Waals surface area contributed by atoms with Crippen LogP contribution in [-0.4, -0.2) is 18.7 Å². The Bertz CT molecular complexity index is 852. The van der Waals surface area contributed by atoms with Gasteiger partial charge in [-0.3, -0.25) is 4.79 Å². The average molecular weight is 358 g/mol. The molecule has 1 heterocycles. The van der Waals surface area contributed by atoms with Gasteiger partial charge in [0.05, 0.1) is 5.69 Å². The lowest BCUT2D eigenvalue weighted by atomic mass is 9.97. The van der Waals surface area contributed by atoms with Gasteiger partial charge in [-0.15, -0.1) is 0 Å². The monoisotopic (exact) mass is 357 g/mol. The summed E-state index contributed by atoms with van der Waals surface area (Å²) in [5.74, 6) is 5.57. The van der Waals surface area contributed by atoms with Crippen molar-refractivity contribution in [3.8, 4) is 0 Å². The molecule has 5 N–H and O–H groups in total. The van der Waals surface area contributed by atoms with Gasteiger partial charge >= 0.3 is 0 Å². The lowest BCUT2D eigenvalue weighted by molar-refractivity contribution is -0.116. The number of amides is 1. The predicted molar refractivity (Wildman–Crippen MR) is 102 cm³/mol. The zero-order valence-electron chi connectivity index (χ0n) is 13.9. The minimum Gasteiger partial charge on any atom is -0.398 e. The van der Waals surface area contributed by atoms with Gasteiger partial charge in [0, 0.05) is 48.2 Å². The highest BCUT2D eigenvalue weighted by Gasteiger charge is 2.21. The molecule has 0 radical (unpaired) electrons. The SMILES string of the molecule is CC(=O)N(N)c1ccc2c(c1)CCN(c1cc(Cl)cc(N)c1C=N)C2. The zero-order valence-corrected chi connectivity index (χ0v) is 14.7. The lowest BCUT2D eigenvalue weighted by Crippen LogP contribution is -2.36. The highest BCUT2D eigenvalue weighted by atomic mass is 35.5. The summed E-state index contributed by atoms with van der Waals surface area (Å²) in [4.78, 5) is 13.6. The van der Waals surface area contributed by atoms with Crippen LogP contribution in [0.4, 0.5) is 17.1 Å². The fraction of sp³-hybridized carbons (Fsp3) is 0.222. The van der Waals surface area contributed by atoms with Crippen molar-refractivity contribution in [2.24, 2.45) is 5.84 Å². The van der Waals surface area contributed by atoms with Gasteiger partial charge in [0.25, 0.3) is 0 Å². The van der Waals surface area contributed by atoms with Gasteiger partial charge < -0.3 is 16.0 Å². The van der Waals surface area contributed by atoms with Crippen LogP contribution in [0.2, 0.25) is 5.02 Å². The summed E-state index contributed by atoms with van der Waals surface area (Å²) in [6, 6.07) is 9.28. The number of anilines is 3. The molecule has 0 aromatic heterocycles. The van der Waals surface area contributed by atoms with Crippen molar-refractivity contribution in [2.45, 2.75) is 19.9 Å². The fourth-order valence-electron chi connectivity index (χ4n) is 3.12. The van der Waals surface area contributed by atoms with Gasteiger partial charge in [0.15, 0.2) is 0 Å². The minimum absolute atomic E-state index is 0.206. The van der Waals surface area contributed by atoms with E-state index in [2.05, 4.69) is 4.90 Å². The van der Waals surface area contributed by atoms with Crippen LogP contribution in [0.3, 0.4) is 0 Å². The quantitative estimate of drug-likeness (QED) is 0.258. The molecular formula is C18H20ClN5O. The number of hydrogen-bond acceptors (Lipinski definition) is 5. The Morgan fingerprint density at radius 2 is 2.08 bits per heavy atom. The first-order chi connectivity index (χ1) is 11.9. The largest absolute Gasteiger partial charge is 0.398 e. The molecule has 6 nitrogen and oxygen atoms in total. The van der Waals surface area contributed by atoms with E-state index in [1.54, 1.807) is 6.07 Å². The molecular weight excluding hydrogens is 338 g/mol. The number of nitrogens with two attached hydrogens (primary N) is 2. The Hall–Kier alpha value is -2.57. The Morgan fingerprint density at radius 1 is 1.32 bits per heavy atom. The second kappa shape index (κ2) is 6.74. The first kappa shape index (κ1) is 17.3. The first-order valence-electron chi connectivity index (χ1n) is 7.92. The molecule has 0 fully saturated rings. The molecule has 0 unspecified atom stereocenters. The number of rotatable bonds is 3. The number of halogens is 1. The molecule has 0 saturated heterocycles. The number of carbonyl (C=O) groups is 1. The molecule has 7 heteroatoms. The van der Waals surface area contributed by atoms with Crippen molar-refractivity contribution in [1.82, 2.24) is 0 Å². The van der Waals surface area contributed by atoms with E-state index in [4.69, 9.17) is 28.6 Å². The van der Waals surface area contributed by atoms with Crippen molar-refractivity contribution in [3.63, 3.8) is 0 Å². The van der Waals surface area contributed by atoms with Crippen molar-refractivity contribution in [2.75, 3.05) is 22.2 Å². The number of nitrogens with one attached hydrogen (secondary N) is 1. The number of fused-ring (bicyclic) bond motifs is 1. The standard InChI is InChI=1S/C18H20ClN5O/c1-11(25)24(22)15-3-2-13-10-23(5-4-12(13)6-15)18-8-14(19)7-17(21)16(18)9-20/h2-3,6-9,20H,4-5,10,21-22H2,1H3. The van der Waals surface area contributed by atoms with Crippen LogP contribution in [0.5, 0.6) is 0 Å². The fourth-order valence-corrected chi connectivity index (χ4v) is 3.34. The van der Waals surface area contributed by atoms with Crippen LogP contribution in [0.15, 0.2) is 30.3 Å². The maximum atomic E-state index is 11.4. The molecule has 0 spiro atoms. The summed E-state index contributed by atoms with van der Waals surface area (Å²) in [7, 11) is 0. The van der Waals surface area contributed by atoms with Gasteiger partial charge in [-0.1, -0.05) is 17.7 Å². The molecule has 0 saturated carbocycles. The van der Waals surface area contributed by atoms with Crippen molar-refractivity contribution in [3.05, 3.63) is 52.0 Å². The number of carbonyl (C=O) groups excluding carboxylic acids is 1. The van der Waals surface area contributed by atoms with Gasteiger partial charge in [0.1, 0.15) is 0 Å². The van der Waals surface area contributed by atoms with Crippen LogP contribution < -0.4 is 21.5 Å². The Balaban J connectivity index is 1.92. The number of benzene rings is 2. The maximum Gasteiger partial charge on any atom is 0.238 e. The van der Waals surface area contributed by atoms with Gasteiger partial charge in [-0.2, -0.15) is 0 Å². The highest BCUT2D eigenvalue weighted by Crippen LogP contribution is 2.33. The highest BCUT2D eigenvalue weighted by molar-refractivity contribution is 6.31. The molecule has 25 heavy (non-hydrogen) atoms. The summed E-state index contributed by atoms with van der Waals surface area (Å²) >= 11 is 6.15. The number of hydrazine groups is 1. The van der Waals surface area contributed by atoms with E-state index in [0.29, 0.717) is 28.5 Å². The summed E-state index contributed by atoms with van der Waals surface area (Å²) in [5, 5.41) is 9.35. The zero-order chi connectivity index (χ0) is 18.1. The predicted octanol–water partition coefficient (Wildman–Crippen LogP) is 2.71. The van der Waals surface area contributed by atoms with E-state index >= 15 is 0 Å². The van der Waals surface area contributed by atoms with Crippen LogP contribution in [-0.2, 0) is 17.8 Å². The first-order valence-corrected chi connectivity index (χ1v) is 8.30. The van der Waals surface area contributed by atoms with Crippen LogP contribution in [0, 0.1) is 5.41 Å². The second-order valence-electron chi connectivity index (χ2n) is 6.09. The topological polar surface area (TPSA) is 99.4 Å². The van der Waals surface area contributed by atoms with Crippen LogP contribution >= 0.6 is 11.6 Å². The average Bonchev–Trinajstić information content (AvgIpc) is 2.59. The third kappa shape index (κ3) is 3.31. The van der Waals surface area contributed by atoms with Crippen molar-refractivity contribution in [1.29, 1.82) is 5.41 Å². The normalized spacial score (nSPS) is 13.3. The number of nitrogen functional groups attached to an aromatic ring is 1. The van der Waals surface area contributed by atoms with E-state index in [9.17, 15) is 4.79 Å². The number of nitrogens with zero attached hydrogens (tertiary/aromatic N) is 2. The van der Waals surface area contributed by atoms with E-state index in [-0.39, 0.29) is 5.91 Å². The summed E-state index contributed by atoms with van der Waals surface area (Å²) < 4.78 is 0. The minimum atomic E-state index is -0.206. The van der Waals surface area contributed by atoms with Crippen molar-refractivity contribution < 1.29 is 4.79 Å². The Labute approximate surface area is 151 Å². The van der Waals surface area contributed by atoms with Crippen molar-refractivity contribution >= 4 is 40.8 Å². The summed E-state index contributed by atoms with van der Waals surface area (Å²) in [6.07, 6.45) is 2.07. The molecule has 1 amide bonds. The smallest absolute Gasteiger partial charge is 0.238 e. The third-order valence-electron chi connectivity index (χ3n) is 4.46. The molecule has 0 bridgehead atoms. The van der Waals surface area contributed by atoms with E-state index in [1.165, 1.54) is 13.1 Å². The van der Waals surface area contributed by atoms with Crippen LogP contribution in [0.25, 0.3) is 0 Å². The molecule has 0 atom stereocenters. The van der Waals surface area contributed by atoms with Gasteiger partial charge in [-0.05, 0) is 41.8 Å². The summed E-state index contributed by atoms with van der Waals surface area (Å²) in [5.41, 5.74) is 11.0. The molecule has 3 rings (SSSR count).